The van der Waals surface area contributed by atoms with Gasteiger partial charge in [-0.3, -0.25) is 14.4 Å². The molecule has 0 aliphatic heterocycles. The molecule has 1 heterocycles. The number of rotatable bonds is 6. The number of hydrogen-bond acceptors (Lipinski definition) is 3. The molecule has 6 heteroatoms. The number of aromatic nitrogens is 1. The van der Waals surface area contributed by atoms with E-state index in [-0.39, 0.29) is 24.7 Å². The minimum atomic E-state index is -0.588. The van der Waals surface area contributed by atoms with Crippen LogP contribution in [0.1, 0.15) is 45.7 Å². The Hall–Kier alpha value is -2.89. The second-order valence-electron chi connectivity index (χ2n) is 6.65. The van der Waals surface area contributed by atoms with E-state index in [4.69, 9.17) is 5.73 Å². The predicted octanol–water partition coefficient (Wildman–Crippen LogP) is 1.51. The van der Waals surface area contributed by atoms with Gasteiger partial charge in [0.2, 0.25) is 11.8 Å². The molecule has 6 nitrogen and oxygen atoms in total. The van der Waals surface area contributed by atoms with Crippen LogP contribution >= 0.6 is 0 Å². The maximum atomic E-state index is 12.6. The first-order valence-corrected chi connectivity index (χ1v) is 8.80. The van der Waals surface area contributed by atoms with Crippen molar-refractivity contribution in [1.29, 1.82) is 0 Å². The van der Waals surface area contributed by atoms with Crippen molar-refractivity contribution < 1.29 is 14.4 Å². The van der Waals surface area contributed by atoms with E-state index in [0.29, 0.717) is 18.5 Å². The number of nitrogens with one attached hydrogen (secondary N) is 1. The fraction of sp³-hybridized carbons (Fsp3) is 0.350. The summed E-state index contributed by atoms with van der Waals surface area (Å²) in [7, 11) is 0. The van der Waals surface area contributed by atoms with Gasteiger partial charge in [-0.2, -0.15) is 0 Å². The Kier molecular flexibility index (Phi) is 5.21. The Morgan fingerprint density at radius 3 is 2.62 bits per heavy atom. The van der Waals surface area contributed by atoms with Gasteiger partial charge in [-0.25, -0.2) is 0 Å². The highest BCUT2D eigenvalue weighted by Crippen LogP contribution is 2.31. The third kappa shape index (κ3) is 3.69. The Balaban J connectivity index is 1.95. The van der Waals surface area contributed by atoms with E-state index in [1.807, 2.05) is 25.1 Å². The van der Waals surface area contributed by atoms with Crippen molar-refractivity contribution in [3.05, 3.63) is 58.4 Å². The lowest BCUT2D eigenvalue weighted by Gasteiger charge is -2.16. The molecule has 0 saturated carbocycles. The van der Waals surface area contributed by atoms with Gasteiger partial charge >= 0.3 is 0 Å². The lowest BCUT2D eigenvalue weighted by Crippen LogP contribution is -2.34. The quantitative estimate of drug-likeness (QED) is 0.824. The minimum Gasteiger partial charge on any atom is -0.368 e. The van der Waals surface area contributed by atoms with E-state index in [1.165, 1.54) is 0 Å². The number of hydrogen-bond donors (Lipinski definition) is 2. The van der Waals surface area contributed by atoms with Crippen LogP contribution in [0.5, 0.6) is 0 Å². The number of nitrogens with zero attached hydrogens (tertiary/aromatic N) is 1. The Morgan fingerprint density at radius 2 is 1.92 bits per heavy atom. The fourth-order valence-electron chi connectivity index (χ4n) is 3.59. The van der Waals surface area contributed by atoms with Crippen LogP contribution < -0.4 is 11.1 Å². The summed E-state index contributed by atoms with van der Waals surface area (Å²) in [4.78, 5) is 35.6. The van der Waals surface area contributed by atoms with Gasteiger partial charge in [-0.1, -0.05) is 30.3 Å². The molecule has 0 bridgehead atoms. The first-order valence-electron chi connectivity index (χ1n) is 8.80. The van der Waals surface area contributed by atoms with Crippen molar-refractivity contribution in [2.45, 2.75) is 39.2 Å². The molecule has 2 amide bonds. The van der Waals surface area contributed by atoms with Gasteiger partial charge in [0, 0.05) is 29.9 Å². The zero-order valence-electron chi connectivity index (χ0n) is 14.9. The van der Waals surface area contributed by atoms with E-state index in [2.05, 4.69) is 22.0 Å². The first kappa shape index (κ1) is 17.9. The highest BCUT2D eigenvalue weighted by atomic mass is 16.2. The van der Waals surface area contributed by atoms with Crippen molar-refractivity contribution >= 4 is 17.6 Å². The van der Waals surface area contributed by atoms with E-state index in [1.54, 1.807) is 0 Å². The van der Waals surface area contributed by atoms with Crippen LogP contribution in [-0.2, 0) is 29.0 Å². The molecule has 0 spiro atoms. The molecule has 3 N–H and O–H groups in total. The SMILES string of the molecule is Cc1c(CC(=O)NCC(N)=O)c2c(n1Cc1ccccc1)CCCC2=O. The average molecular weight is 353 g/mol. The number of benzene rings is 1. The average Bonchev–Trinajstić information content (AvgIpc) is 2.88. The monoisotopic (exact) mass is 353 g/mol. The van der Waals surface area contributed by atoms with Crippen molar-refractivity contribution in [3.63, 3.8) is 0 Å². The normalized spacial score (nSPS) is 13.3. The number of fused-ring (bicyclic) bond motifs is 1. The summed E-state index contributed by atoms with van der Waals surface area (Å²) in [6.45, 7) is 2.43. The van der Waals surface area contributed by atoms with Crippen LogP contribution in [0.3, 0.4) is 0 Å². The maximum absolute atomic E-state index is 12.6. The van der Waals surface area contributed by atoms with E-state index in [9.17, 15) is 14.4 Å². The molecule has 0 radical (unpaired) electrons. The summed E-state index contributed by atoms with van der Waals surface area (Å²) >= 11 is 0. The van der Waals surface area contributed by atoms with Crippen LogP contribution in [-0.4, -0.2) is 28.7 Å². The summed E-state index contributed by atoms with van der Waals surface area (Å²) < 4.78 is 2.15. The number of carbonyl (C=O) groups is 3. The number of carbonyl (C=O) groups excluding carboxylic acids is 3. The highest BCUT2D eigenvalue weighted by molar-refractivity contribution is 6.01. The smallest absolute Gasteiger partial charge is 0.236 e. The van der Waals surface area contributed by atoms with Crippen molar-refractivity contribution in [1.82, 2.24) is 9.88 Å². The molecule has 0 saturated heterocycles. The first-order chi connectivity index (χ1) is 12.5. The van der Waals surface area contributed by atoms with Crippen LogP contribution in [0, 0.1) is 6.92 Å². The minimum absolute atomic E-state index is 0.0783. The largest absolute Gasteiger partial charge is 0.368 e. The third-order valence-corrected chi connectivity index (χ3v) is 4.83. The van der Waals surface area contributed by atoms with Crippen LogP contribution in [0.2, 0.25) is 0 Å². The van der Waals surface area contributed by atoms with Crippen molar-refractivity contribution in [2.75, 3.05) is 6.54 Å². The van der Waals surface area contributed by atoms with Crippen molar-refractivity contribution in [3.8, 4) is 0 Å². The molecule has 1 aromatic heterocycles. The lowest BCUT2D eigenvalue weighted by atomic mass is 9.92. The molecule has 1 aliphatic rings. The molecule has 0 atom stereocenters. The van der Waals surface area contributed by atoms with Gasteiger partial charge in [0.05, 0.1) is 13.0 Å². The number of ketones is 1. The highest BCUT2D eigenvalue weighted by Gasteiger charge is 2.29. The molecule has 2 aromatic rings. The summed E-state index contributed by atoms with van der Waals surface area (Å²) in [6, 6.07) is 10.1. The Bertz CT molecular complexity index is 853. The Morgan fingerprint density at radius 1 is 1.19 bits per heavy atom. The van der Waals surface area contributed by atoms with Gasteiger partial charge in [0.15, 0.2) is 5.78 Å². The molecule has 3 rings (SSSR count). The summed E-state index contributed by atoms with van der Waals surface area (Å²) in [5.74, 6) is -0.793. The molecular formula is C20H23N3O3. The van der Waals surface area contributed by atoms with Crippen LogP contribution in [0.25, 0.3) is 0 Å². The third-order valence-electron chi connectivity index (χ3n) is 4.83. The number of nitrogens with two attached hydrogens (primary N) is 1. The van der Waals surface area contributed by atoms with Gasteiger partial charge in [0.25, 0.3) is 0 Å². The molecular weight excluding hydrogens is 330 g/mol. The van der Waals surface area contributed by atoms with Crippen LogP contribution in [0.4, 0.5) is 0 Å². The second kappa shape index (κ2) is 7.56. The number of amides is 2. The molecule has 136 valence electrons. The van der Waals surface area contributed by atoms with Crippen molar-refractivity contribution in [2.24, 2.45) is 5.73 Å². The second-order valence-corrected chi connectivity index (χ2v) is 6.65. The van der Waals surface area contributed by atoms with Crippen LogP contribution in [0.15, 0.2) is 30.3 Å². The molecule has 0 unspecified atom stereocenters. The number of primary amides is 1. The molecule has 1 aliphatic carbocycles. The van der Waals surface area contributed by atoms with Gasteiger partial charge in [0.1, 0.15) is 0 Å². The zero-order chi connectivity index (χ0) is 18.7. The molecule has 1 aromatic carbocycles. The van der Waals surface area contributed by atoms with Gasteiger partial charge in [-0.05, 0) is 30.9 Å². The maximum Gasteiger partial charge on any atom is 0.236 e. The topological polar surface area (TPSA) is 94.2 Å². The Labute approximate surface area is 152 Å². The van der Waals surface area contributed by atoms with E-state index < -0.39 is 5.91 Å². The summed E-state index contributed by atoms with van der Waals surface area (Å²) in [5.41, 5.74) is 9.63. The van der Waals surface area contributed by atoms with E-state index >= 15 is 0 Å². The molecule has 0 fully saturated rings. The standard InChI is InChI=1S/C20H23N3O3/c1-13-15(10-19(26)22-11-18(21)25)20-16(8-5-9-17(20)24)23(13)12-14-6-3-2-4-7-14/h2-4,6-7H,5,8-12H2,1H3,(H2,21,25)(H,22,26). The zero-order valence-corrected chi connectivity index (χ0v) is 14.9. The van der Waals surface area contributed by atoms with Gasteiger partial charge in [-0.15, -0.1) is 0 Å². The number of Topliss-reactive ketones (excluding diaryl/α,β-unsaturated/α-hetero) is 1. The summed E-state index contributed by atoms with van der Waals surface area (Å²) in [6.07, 6.45) is 2.25. The lowest BCUT2D eigenvalue weighted by molar-refractivity contribution is -0.124. The molecule has 26 heavy (non-hydrogen) atoms. The fourth-order valence-corrected chi connectivity index (χ4v) is 3.59. The van der Waals surface area contributed by atoms with E-state index in [0.717, 1.165) is 35.4 Å². The predicted molar refractivity (Wildman–Crippen MR) is 97.9 cm³/mol. The summed E-state index contributed by atoms with van der Waals surface area (Å²) in [5, 5.41) is 2.50. The van der Waals surface area contributed by atoms with Gasteiger partial charge < -0.3 is 15.6 Å².